The maximum Gasteiger partial charge on any atom is 0.270 e. The zero-order chi connectivity index (χ0) is 17.5. The van der Waals surface area contributed by atoms with Crippen molar-refractivity contribution in [1.29, 1.82) is 5.26 Å². The van der Waals surface area contributed by atoms with Gasteiger partial charge < -0.3 is 5.32 Å². The highest BCUT2D eigenvalue weighted by Gasteiger charge is 2.14. The first-order valence-corrected chi connectivity index (χ1v) is 7.43. The summed E-state index contributed by atoms with van der Waals surface area (Å²) in [5.41, 5.74) is 1.56. The van der Waals surface area contributed by atoms with Gasteiger partial charge in [0.05, 0.1) is 0 Å². The SMILES string of the molecule is Cc1c(Cl)cccc1NC=C(C#N)C(=O)NC(=O)c1ccccc1. The van der Waals surface area contributed by atoms with Crippen LogP contribution in [0.25, 0.3) is 0 Å². The first kappa shape index (κ1) is 17.3. The van der Waals surface area contributed by atoms with E-state index in [0.717, 1.165) is 5.56 Å². The Bertz CT molecular complexity index is 839. The standard InChI is InChI=1S/C18H14ClN3O2/c1-12-15(19)8-5-9-16(12)21-11-14(10-20)18(24)22-17(23)13-6-3-2-4-7-13/h2-9,11,21H,1H3,(H,22,23,24). The Labute approximate surface area is 144 Å². The predicted molar refractivity (Wildman–Crippen MR) is 92.4 cm³/mol. The molecule has 0 unspecified atom stereocenters. The molecular weight excluding hydrogens is 326 g/mol. The average Bonchev–Trinajstić information content (AvgIpc) is 2.59. The van der Waals surface area contributed by atoms with Gasteiger partial charge in [0.2, 0.25) is 0 Å². The van der Waals surface area contributed by atoms with E-state index >= 15 is 0 Å². The van der Waals surface area contributed by atoms with Gasteiger partial charge in [-0.15, -0.1) is 0 Å². The lowest BCUT2D eigenvalue weighted by atomic mass is 10.2. The Morgan fingerprint density at radius 3 is 2.50 bits per heavy atom. The lowest BCUT2D eigenvalue weighted by molar-refractivity contribution is -0.116. The van der Waals surface area contributed by atoms with Gasteiger partial charge in [-0.2, -0.15) is 5.26 Å². The van der Waals surface area contributed by atoms with E-state index in [2.05, 4.69) is 10.6 Å². The molecule has 0 aliphatic rings. The molecule has 2 N–H and O–H groups in total. The van der Waals surface area contributed by atoms with Crippen LogP contribution in [0.4, 0.5) is 5.69 Å². The fraction of sp³-hybridized carbons (Fsp3) is 0.0556. The number of hydrogen-bond donors (Lipinski definition) is 2. The summed E-state index contributed by atoms with van der Waals surface area (Å²) in [4.78, 5) is 24.0. The quantitative estimate of drug-likeness (QED) is 0.660. The first-order chi connectivity index (χ1) is 11.5. The Hall–Kier alpha value is -3.10. The van der Waals surface area contributed by atoms with Crippen molar-refractivity contribution in [2.24, 2.45) is 0 Å². The summed E-state index contributed by atoms with van der Waals surface area (Å²) < 4.78 is 0. The van der Waals surface area contributed by atoms with Crippen LogP contribution in [0.15, 0.2) is 60.3 Å². The summed E-state index contributed by atoms with van der Waals surface area (Å²) in [5, 5.41) is 14.7. The van der Waals surface area contributed by atoms with Crippen LogP contribution >= 0.6 is 11.6 Å². The zero-order valence-electron chi connectivity index (χ0n) is 12.8. The first-order valence-electron chi connectivity index (χ1n) is 7.05. The second-order valence-corrected chi connectivity index (χ2v) is 5.28. The van der Waals surface area contributed by atoms with E-state index in [4.69, 9.17) is 16.9 Å². The van der Waals surface area contributed by atoms with Crippen LogP contribution in [-0.2, 0) is 4.79 Å². The summed E-state index contributed by atoms with van der Waals surface area (Å²) in [6.45, 7) is 1.81. The van der Waals surface area contributed by atoms with Crippen molar-refractivity contribution < 1.29 is 9.59 Å². The Morgan fingerprint density at radius 1 is 1.12 bits per heavy atom. The number of rotatable bonds is 4. The molecular formula is C18H14ClN3O2. The molecule has 6 heteroatoms. The molecule has 2 aromatic carbocycles. The van der Waals surface area contributed by atoms with Crippen molar-refractivity contribution in [2.45, 2.75) is 6.92 Å². The van der Waals surface area contributed by atoms with Gasteiger partial charge in [0.25, 0.3) is 11.8 Å². The number of nitriles is 1. The van der Waals surface area contributed by atoms with Crippen LogP contribution in [0.1, 0.15) is 15.9 Å². The summed E-state index contributed by atoms with van der Waals surface area (Å²) in [6, 6.07) is 15.3. The molecule has 0 aromatic heterocycles. The Balaban J connectivity index is 2.10. The van der Waals surface area contributed by atoms with E-state index in [1.165, 1.54) is 6.20 Å². The molecule has 0 saturated heterocycles. The van der Waals surface area contributed by atoms with Crippen LogP contribution in [0.3, 0.4) is 0 Å². The molecule has 0 bridgehead atoms. The minimum atomic E-state index is -0.779. The molecule has 0 radical (unpaired) electrons. The number of halogens is 1. The summed E-state index contributed by atoms with van der Waals surface area (Å²) >= 11 is 6.01. The molecule has 2 rings (SSSR count). The summed E-state index contributed by atoms with van der Waals surface area (Å²) in [7, 11) is 0. The number of hydrogen-bond acceptors (Lipinski definition) is 4. The van der Waals surface area contributed by atoms with Crippen LogP contribution < -0.4 is 10.6 Å². The maximum atomic E-state index is 12.0. The van der Waals surface area contributed by atoms with Crippen LogP contribution in [0, 0.1) is 18.3 Å². The predicted octanol–water partition coefficient (Wildman–Crippen LogP) is 3.42. The molecule has 2 amide bonds. The molecule has 5 nitrogen and oxygen atoms in total. The van der Waals surface area contributed by atoms with E-state index in [0.29, 0.717) is 16.3 Å². The van der Waals surface area contributed by atoms with Gasteiger partial charge in [-0.3, -0.25) is 14.9 Å². The van der Waals surface area contributed by atoms with Gasteiger partial charge in [-0.25, -0.2) is 0 Å². The molecule has 2 aromatic rings. The van der Waals surface area contributed by atoms with Gasteiger partial charge in [0, 0.05) is 22.5 Å². The summed E-state index contributed by atoms with van der Waals surface area (Å²) in [5.74, 6) is -1.35. The van der Waals surface area contributed by atoms with Crippen LogP contribution in [0.5, 0.6) is 0 Å². The van der Waals surface area contributed by atoms with Crippen molar-refractivity contribution in [3.05, 3.63) is 76.5 Å². The number of nitrogens with zero attached hydrogens (tertiary/aromatic N) is 1. The zero-order valence-corrected chi connectivity index (χ0v) is 13.6. The second kappa shape index (κ2) is 7.95. The number of anilines is 1. The van der Waals surface area contributed by atoms with Gasteiger partial charge in [0.15, 0.2) is 0 Å². The van der Waals surface area contributed by atoms with E-state index in [1.54, 1.807) is 54.6 Å². The fourth-order valence-corrected chi connectivity index (χ4v) is 2.07. The average molecular weight is 340 g/mol. The number of imide groups is 1. The number of benzene rings is 2. The molecule has 0 aliphatic carbocycles. The lowest BCUT2D eigenvalue weighted by Crippen LogP contribution is -2.31. The molecule has 0 fully saturated rings. The molecule has 0 atom stereocenters. The van der Waals surface area contributed by atoms with Crippen LogP contribution in [0.2, 0.25) is 5.02 Å². The van der Waals surface area contributed by atoms with Gasteiger partial charge in [-0.05, 0) is 36.8 Å². The fourth-order valence-electron chi connectivity index (χ4n) is 1.89. The molecule has 0 saturated carbocycles. The highest BCUT2D eigenvalue weighted by molar-refractivity contribution is 6.31. The normalized spacial score (nSPS) is 10.6. The van der Waals surface area contributed by atoms with E-state index in [1.807, 2.05) is 6.92 Å². The maximum absolute atomic E-state index is 12.0. The van der Waals surface area contributed by atoms with Crippen LogP contribution in [-0.4, -0.2) is 11.8 Å². The highest BCUT2D eigenvalue weighted by Crippen LogP contribution is 2.23. The smallest absolute Gasteiger partial charge is 0.270 e. The lowest BCUT2D eigenvalue weighted by Gasteiger charge is -2.08. The minimum Gasteiger partial charge on any atom is -0.360 e. The second-order valence-electron chi connectivity index (χ2n) is 4.88. The third kappa shape index (κ3) is 4.22. The molecule has 0 aliphatic heterocycles. The number of carbonyl (C=O) groups is 2. The molecule has 120 valence electrons. The van der Waals surface area contributed by atoms with Crippen molar-refractivity contribution >= 4 is 29.1 Å². The van der Waals surface area contributed by atoms with E-state index in [-0.39, 0.29) is 5.57 Å². The van der Waals surface area contributed by atoms with E-state index < -0.39 is 11.8 Å². The molecule has 0 heterocycles. The monoisotopic (exact) mass is 339 g/mol. The third-order valence-electron chi connectivity index (χ3n) is 3.27. The highest BCUT2D eigenvalue weighted by atomic mass is 35.5. The van der Waals surface area contributed by atoms with Crippen molar-refractivity contribution in [2.75, 3.05) is 5.32 Å². The Morgan fingerprint density at radius 2 is 1.83 bits per heavy atom. The number of carbonyl (C=O) groups excluding carboxylic acids is 2. The van der Waals surface area contributed by atoms with Crippen molar-refractivity contribution in [3.8, 4) is 6.07 Å². The molecule has 0 spiro atoms. The third-order valence-corrected chi connectivity index (χ3v) is 3.68. The number of amides is 2. The Kier molecular flexibility index (Phi) is 5.72. The van der Waals surface area contributed by atoms with Gasteiger partial charge >= 0.3 is 0 Å². The van der Waals surface area contributed by atoms with Crippen molar-refractivity contribution in [3.63, 3.8) is 0 Å². The largest absolute Gasteiger partial charge is 0.360 e. The van der Waals surface area contributed by atoms with E-state index in [9.17, 15) is 9.59 Å². The summed E-state index contributed by atoms with van der Waals surface area (Å²) in [6.07, 6.45) is 1.24. The number of nitrogens with one attached hydrogen (secondary N) is 2. The molecule has 24 heavy (non-hydrogen) atoms. The van der Waals surface area contributed by atoms with Gasteiger partial charge in [0.1, 0.15) is 11.6 Å². The van der Waals surface area contributed by atoms with Gasteiger partial charge in [-0.1, -0.05) is 35.9 Å². The van der Waals surface area contributed by atoms with Crippen molar-refractivity contribution in [1.82, 2.24) is 5.32 Å². The minimum absolute atomic E-state index is 0.223. The topological polar surface area (TPSA) is 82.0 Å².